The Kier molecular flexibility index (Phi) is 6.67. The van der Waals surface area contributed by atoms with Crippen LogP contribution < -0.4 is 15.4 Å². The summed E-state index contributed by atoms with van der Waals surface area (Å²) in [6.07, 6.45) is 8.34. The van der Waals surface area contributed by atoms with Crippen molar-refractivity contribution in [2.75, 3.05) is 12.4 Å². The molecule has 1 aliphatic carbocycles. The molecule has 6 atom stereocenters. The van der Waals surface area contributed by atoms with Gasteiger partial charge in [-0.2, -0.15) is 0 Å². The number of methoxy groups -OCH3 is 1. The number of rotatable bonds is 7. The van der Waals surface area contributed by atoms with Crippen LogP contribution in [0.2, 0.25) is 0 Å². The van der Waals surface area contributed by atoms with Crippen LogP contribution in [0.25, 0.3) is 0 Å². The topological polar surface area (TPSA) is 97.0 Å². The largest absolute Gasteiger partial charge is 0.497 e. The first-order chi connectivity index (χ1) is 18.9. The number of likely N-dealkylation sites (tertiary alicyclic amines) is 1. The molecule has 8 heteroatoms. The minimum atomic E-state index is -1.19. The molecule has 3 heterocycles. The van der Waals surface area contributed by atoms with E-state index >= 15 is 0 Å². The molecule has 1 saturated carbocycles. The molecule has 2 N–H and O–H groups in total. The highest BCUT2D eigenvalue weighted by Gasteiger charge is 2.73. The van der Waals surface area contributed by atoms with E-state index in [1.54, 1.807) is 36.3 Å². The van der Waals surface area contributed by atoms with Gasteiger partial charge in [0.25, 0.3) is 0 Å². The molecule has 39 heavy (non-hydrogen) atoms. The predicted molar refractivity (Wildman–Crippen MR) is 146 cm³/mol. The zero-order valence-electron chi connectivity index (χ0n) is 22.3. The van der Waals surface area contributed by atoms with Crippen LogP contribution in [0.3, 0.4) is 0 Å². The Morgan fingerprint density at radius 2 is 1.74 bits per heavy atom. The van der Waals surface area contributed by atoms with Crippen molar-refractivity contribution in [1.29, 1.82) is 0 Å². The number of anilines is 1. The van der Waals surface area contributed by atoms with E-state index in [-0.39, 0.29) is 29.8 Å². The second kappa shape index (κ2) is 10.2. The van der Waals surface area contributed by atoms with Crippen LogP contribution in [0.1, 0.15) is 50.6 Å². The van der Waals surface area contributed by atoms with Crippen LogP contribution in [0.15, 0.2) is 66.7 Å². The van der Waals surface area contributed by atoms with Crippen LogP contribution in [-0.2, 0) is 19.1 Å². The number of amides is 3. The van der Waals surface area contributed by atoms with Crippen molar-refractivity contribution in [3.05, 3.63) is 72.3 Å². The fourth-order valence-electron chi connectivity index (χ4n) is 6.94. The molecular formula is C31H35N3O5. The number of ether oxygens (including phenoxy) is 2. The molecule has 8 nitrogen and oxygen atoms in total. The summed E-state index contributed by atoms with van der Waals surface area (Å²) < 4.78 is 11.7. The molecule has 3 aliphatic heterocycles. The lowest BCUT2D eigenvalue weighted by molar-refractivity contribution is -0.143. The predicted octanol–water partition coefficient (Wildman–Crippen LogP) is 3.99. The van der Waals surface area contributed by atoms with Crippen LogP contribution in [-0.4, -0.2) is 53.5 Å². The van der Waals surface area contributed by atoms with Gasteiger partial charge in [0.2, 0.25) is 17.7 Å². The molecule has 6 rings (SSSR count). The fourth-order valence-corrected chi connectivity index (χ4v) is 6.94. The quantitative estimate of drug-likeness (QED) is 0.529. The van der Waals surface area contributed by atoms with Gasteiger partial charge in [-0.25, -0.2) is 0 Å². The van der Waals surface area contributed by atoms with Crippen molar-refractivity contribution in [2.24, 2.45) is 11.8 Å². The molecular weight excluding hydrogens is 494 g/mol. The molecule has 3 unspecified atom stereocenters. The van der Waals surface area contributed by atoms with E-state index in [0.29, 0.717) is 11.4 Å². The van der Waals surface area contributed by atoms with Gasteiger partial charge in [0, 0.05) is 11.7 Å². The van der Waals surface area contributed by atoms with E-state index in [2.05, 4.69) is 10.6 Å². The van der Waals surface area contributed by atoms with Crippen LogP contribution in [0.5, 0.6) is 5.75 Å². The normalized spacial score (nSPS) is 30.2. The number of nitrogens with zero attached hydrogens (tertiary/aromatic N) is 1. The molecule has 2 saturated heterocycles. The maximum Gasteiger partial charge on any atom is 0.246 e. The molecule has 204 valence electrons. The highest BCUT2D eigenvalue weighted by Crippen LogP contribution is 2.56. The summed E-state index contributed by atoms with van der Waals surface area (Å²) in [5.41, 5.74) is 0.342. The van der Waals surface area contributed by atoms with E-state index in [9.17, 15) is 14.4 Å². The molecule has 2 bridgehead atoms. The van der Waals surface area contributed by atoms with E-state index in [1.807, 2.05) is 49.4 Å². The number of nitrogens with one attached hydrogen (secondary N) is 2. The number of carbonyl (C=O) groups excluding carboxylic acids is 3. The number of hydrogen-bond donors (Lipinski definition) is 2. The summed E-state index contributed by atoms with van der Waals surface area (Å²) in [4.78, 5) is 43.6. The zero-order chi connectivity index (χ0) is 27.1. The van der Waals surface area contributed by atoms with Gasteiger partial charge in [-0.15, -0.1) is 0 Å². The first kappa shape index (κ1) is 25.6. The van der Waals surface area contributed by atoms with E-state index in [1.165, 1.54) is 6.42 Å². The van der Waals surface area contributed by atoms with Crippen LogP contribution >= 0.6 is 0 Å². The van der Waals surface area contributed by atoms with Gasteiger partial charge in [-0.1, -0.05) is 61.7 Å². The van der Waals surface area contributed by atoms with Gasteiger partial charge in [-0.05, 0) is 49.6 Å². The fraction of sp³-hybridized carbons (Fsp3) is 0.452. The average molecular weight is 530 g/mol. The Morgan fingerprint density at radius 3 is 2.44 bits per heavy atom. The average Bonchev–Trinajstić information content (AvgIpc) is 3.61. The number of benzene rings is 2. The minimum absolute atomic E-state index is 0.0856. The monoisotopic (exact) mass is 529 g/mol. The van der Waals surface area contributed by atoms with E-state index in [0.717, 1.165) is 31.2 Å². The third kappa shape index (κ3) is 4.31. The standard InChI is InChI=1S/C31H35N3O5/c1-19(20-9-5-3-6-10-20)34-27(29(36)33-21-11-7-4-8-12-21)31-18-17-24(39-31)25(26(31)30(34)37)28(35)32-22-13-15-23(38-2)16-14-22/h3,5-6,9-10,13-19,21,24-27H,4,7-8,11-12H2,1-2H3,(H,32,35)(H,33,36)/t19?,24-,25?,26-,27?,31+/m0/s1. The first-order valence-corrected chi connectivity index (χ1v) is 13.9. The Bertz CT molecular complexity index is 1270. The van der Waals surface area contributed by atoms with Crippen molar-refractivity contribution in [3.63, 3.8) is 0 Å². The Balaban J connectivity index is 1.33. The second-order valence-electron chi connectivity index (χ2n) is 11.1. The number of hydrogen-bond acceptors (Lipinski definition) is 5. The summed E-state index contributed by atoms with van der Waals surface area (Å²) >= 11 is 0. The SMILES string of the molecule is COc1ccc(NC(=O)C2[C@@H]3C=C[C@]4(O3)C(C(=O)NC3CCCCC3)N(C(C)c3ccccc3)C(=O)[C@H]24)cc1. The maximum absolute atomic E-state index is 14.3. The van der Waals surface area contributed by atoms with Crippen molar-refractivity contribution in [3.8, 4) is 5.75 Å². The molecule has 2 aromatic carbocycles. The van der Waals surface area contributed by atoms with Crippen LogP contribution in [0.4, 0.5) is 5.69 Å². The Morgan fingerprint density at radius 1 is 1.03 bits per heavy atom. The summed E-state index contributed by atoms with van der Waals surface area (Å²) in [7, 11) is 1.58. The van der Waals surface area contributed by atoms with Gasteiger partial charge in [0.05, 0.1) is 31.1 Å². The molecule has 4 aliphatic rings. The van der Waals surface area contributed by atoms with Gasteiger partial charge in [0.1, 0.15) is 17.4 Å². The van der Waals surface area contributed by atoms with Gasteiger partial charge in [-0.3, -0.25) is 14.4 Å². The molecule has 1 spiro atoms. The van der Waals surface area contributed by atoms with Crippen LogP contribution in [0, 0.1) is 11.8 Å². The van der Waals surface area contributed by atoms with Crippen molar-refractivity contribution in [1.82, 2.24) is 10.2 Å². The molecule has 0 radical (unpaired) electrons. The lowest BCUT2D eigenvalue weighted by Gasteiger charge is -2.37. The number of carbonyl (C=O) groups is 3. The Hall–Kier alpha value is -3.65. The Labute approximate surface area is 228 Å². The van der Waals surface area contributed by atoms with Gasteiger partial charge in [0.15, 0.2) is 0 Å². The molecule has 3 amide bonds. The highest BCUT2D eigenvalue weighted by molar-refractivity contribution is 6.03. The van der Waals surface area contributed by atoms with Gasteiger partial charge >= 0.3 is 0 Å². The molecule has 3 fully saturated rings. The summed E-state index contributed by atoms with van der Waals surface area (Å²) in [5.74, 6) is -1.59. The summed E-state index contributed by atoms with van der Waals surface area (Å²) in [6, 6.07) is 15.6. The lowest BCUT2D eigenvalue weighted by Crippen LogP contribution is -2.56. The van der Waals surface area contributed by atoms with Crippen molar-refractivity contribution >= 4 is 23.4 Å². The van der Waals surface area contributed by atoms with Crippen molar-refractivity contribution in [2.45, 2.75) is 68.9 Å². The third-order valence-electron chi connectivity index (χ3n) is 8.87. The van der Waals surface area contributed by atoms with Gasteiger partial charge < -0.3 is 25.0 Å². The second-order valence-corrected chi connectivity index (χ2v) is 11.1. The maximum atomic E-state index is 14.3. The van der Waals surface area contributed by atoms with E-state index < -0.39 is 29.6 Å². The molecule has 0 aromatic heterocycles. The van der Waals surface area contributed by atoms with E-state index in [4.69, 9.17) is 9.47 Å². The van der Waals surface area contributed by atoms with Crippen molar-refractivity contribution < 1.29 is 23.9 Å². The zero-order valence-corrected chi connectivity index (χ0v) is 22.3. The third-order valence-corrected chi connectivity index (χ3v) is 8.87. The first-order valence-electron chi connectivity index (χ1n) is 13.9. The lowest BCUT2D eigenvalue weighted by atomic mass is 9.74. The minimum Gasteiger partial charge on any atom is -0.497 e. The number of fused-ring (bicyclic) bond motifs is 1. The molecule has 2 aromatic rings. The highest BCUT2D eigenvalue weighted by atomic mass is 16.5. The summed E-state index contributed by atoms with van der Waals surface area (Å²) in [6.45, 7) is 1.94. The summed E-state index contributed by atoms with van der Waals surface area (Å²) in [5, 5.41) is 6.20. The smallest absolute Gasteiger partial charge is 0.246 e.